The standard InChI is InChI=1S/C17H22N2O/c1-4-20-16-11-10-15(12-18-16)19-17(13(2)3)14-8-6-5-7-9-14/h5-13,17,19H,4H2,1-3H3. The van der Waals surface area contributed by atoms with E-state index in [0.717, 1.165) is 5.69 Å². The second-order valence-corrected chi connectivity index (χ2v) is 5.09. The van der Waals surface area contributed by atoms with Gasteiger partial charge in [-0.3, -0.25) is 0 Å². The van der Waals surface area contributed by atoms with Crippen LogP contribution in [0.5, 0.6) is 5.88 Å². The molecule has 0 fully saturated rings. The van der Waals surface area contributed by atoms with E-state index in [1.807, 2.05) is 31.3 Å². The maximum Gasteiger partial charge on any atom is 0.213 e. The first-order valence-electron chi connectivity index (χ1n) is 7.11. The molecule has 1 heterocycles. The van der Waals surface area contributed by atoms with E-state index < -0.39 is 0 Å². The van der Waals surface area contributed by atoms with Gasteiger partial charge in [-0.15, -0.1) is 0 Å². The van der Waals surface area contributed by atoms with Crippen LogP contribution in [0.2, 0.25) is 0 Å². The van der Waals surface area contributed by atoms with Crippen molar-refractivity contribution >= 4 is 5.69 Å². The van der Waals surface area contributed by atoms with E-state index in [4.69, 9.17) is 4.74 Å². The highest BCUT2D eigenvalue weighted by Crippen LogP contribution is 2.26. The zero-order valence-corrected chi connectivity index (χ0v) is 12.3. The topological polar surface area (TPSA) is 34.1 Å². The van der Waals surface area contributed by atoms with Crippen molar-refractivity contribution in [2.75, 3.05) is 11.9 Å². The lowest BCUT2D eigenvalue weighted by atomic mass is 9.96. The predicted molar refractivity (Wildman–Crippen MR) is 83.0 cm³/mol. The Kier molecular flexibility index (Phi) is 4.99. The van der Waals surface area contributed by atoms with Gasteiger partial charge >= 0.3 is 0 Å². The molecule has 3 heteroatoms. The highest BCUT2D eigenvalue weighted by Gasteiger charge is 2.15. The van der Waals surface area contributed by atoms with Gasteiger partial charge in [0.25, 0.3) is 0 Å². The van der Waals surface area contributed by atoms with Crippen LogP contribution in [0, 0.1) is 5.92 Å². The normalized spacial score (nSPS) is 12.2. The van der Waals surface area contributed by atoms with Crippen molar-refractivity contribution in [3.8, 4) is 5.88 Å². The average Bonchev–Trinajstić information content (AvgIpc) is 2.47. The zero-order chi connectivity index (χ0) is 14.4. The van der Waals surface area contributed by atoms with Gasteiger partial charge in [-0.2, -0.15) is 0 Å². The van der Waals surface area contributed by atoms with Crippen molar-refractivity contribution in [3.05, 3.63) is 54.2 Å². The Bertz CT molecular complexity index is 508. The number of pyridine rings is 1. The van der Waals surface area contributed by atoms with Gasteiger partial charge in [0.05, 0.1) is 24.5 Å². The number of nitrogens with zero attached hydrogens (tertiary/aromatic N) is 1. The molecule has 20 heavy (non-hydrogen) atoms. The second kappa shape index (κ2) is 6.94. The van der Waals surface area contributed by atoms with Crippen LogP contribution in [-0.4, -0.2) is 11.6 Å². The molecule has 106 valence electrons. The zero-order valence-electron chi connectivity index (χ0n) is 12.3. The molecule has 1 N–H and O–H groups in total. The van der Waals surface area contributed by atoms with Gasteiger partial charge in [-0.1, -0.05) is 44.2 Å². The summed E-state index contributed by atoms with van der Waals surface area (Å²) in [6.45, 7) is 7.02. The maximum absolute atomic E-state index is 5.36. The second-order valence-electron chi connectivity index (χ2n) is 5.09. The Hall–Kier alpha value is -2.03. The van der Waals surface area contributed by atoms with Gasteiger partial charge < -0.3 is 10.1 Å². The van der Waals surface area contributed by atoms with Crippen LogP contribution in [0.25, 0.3) is 0 Å². The smallest absolute Gasteiger partial charge is 0.213 e. The molecule has 2 rings (SSSR count). The summed E-state index contributed by atoms with van der Waals surface area (Å²) in [6.07, 6.45) is 1.82. The summed E-state index contributed by atoms with van der Waals surface area (Å²) >= 11 is 0. The summed E-state index contributed by atoms with van der Waals surface area (Å²) in [5.74, 6) is 1.16. The fourth-order valence-corrected chi connectivity index (χ4v) is 2.17. The molecule has 1 unspecified atom stereocenters. The SMILES string of the molecule is CCOc1ccc(NC(c2ccccc2)C(C)C)cn1. The van der Waals surface area contributed by atoms with Crippen LogP contribution < -0.4 is 10.1 Å². The molecule has 0 aliphatic rings. The summed E-state index contributed by atoms with van der Waals surface area (Å²) < 4.78 is 5.36. The minimum atomic E-state index is 0.274. The van der Waals surface area contributed by atoms with Crippen LogP contribution in [0.15, 0.2) is 48.7 Å². The third-order valence-corrected chi connectivity index (χ3v) is 3.18. The van der Waals surface area contributed by atoms with Gasteiger partial charge in [0, 0.05) is 6.07 Å². The van der Waals surface area contributed by atoms with Crippen LogP contribution in [-0.2, 0) is 0 Å². The number of benzene rings is 1. The van der Waals surface area contributed by atoms with Crippen molar-refractivity contribution in [3.63, 3.8) is 0 Å². The lowest BCUT2D eigenvalue weighted by molar-refractivity contribution is 0.327. The Morgan fingerprint density at radius 1 is 1.10 bits per heavy atom. The largest absolute Gasteiger partial charge is 0.478 e. The van der Waals surface area contributed by atoms with Crippen LogP contribution >= 0.6 is 0 Å². The molecule has 3 nitrogen and oxygen atoms in total. The van der Waals surface area contributed by atoms with Gasteiger partial charge in [0.15, 0.2) is 0 Å². The molecule has 1 atom stereocenters. The van der Waals surface area contributed by atoms with E-state index in [-0.39, 0.29) is 6.04 Å². The van der Waals surface area contributed by atoms with Gasteiger partial charge in [-0.25, -0.2) is 4.98 Å². The summed E-state index contributed by atoms with van der Waals surface area (Å²) in [4.78, 5) is 4.29. The highest BCUT2D eigenvalue weighted by atomic mass is 16.5. The van der Waals surface area contributed by atoms with Crippen molar-refractivity contribution < 1.29 is 4.74 Å². The summed E-state index contributed by atoms with van der Waals surface area (Å²) in [6, 6.07) is 14.7. The average molecular weight is 270 g/mol. The molecule has 0 bridgehead atoms. The van der Waals surface area contributed by atoms with Gasteiger partial charge in [-0.05, 0) is 24.5 Å². The van der Waals surface area contributed by atoms with Gasteiger partial charge in [0.2, 0.25) is 5.88 Å². The number of ether oxygens (including phenoxy) is 1. The van der Waals surface area contributed by atoms with Crippen molar-refractivity contribution in [1.29, 1.82) is 0 Å². The van der Waals surface area contributed by atoms with Crippen molar-refractivity contribution in [2.24, 2.45) is 5.92 Å². The van der Waals surface area contributed by atoms with E-state index in [0.29, 0.717) is 18.4 Å². The van der Waals surface area contributed by atoms with Crippen LogP contribution in [0.1, 0.15) is 32.4 Å². The minimum Gasteiger partial charge on any atom is -0.478 e. The van der Waals surface area contributed by atoms with Crippen molar-refractivity contribution in [2.45, 2.75) is 26.8 Å². The Morgan fingerprint density at radius 3 is 2.40 bits per heavy atom. The number of anilines is 1. The Labute approximate surface area is 121 Å². The molecule has 0 saturated carbocycles. The number of nitrogens with one attached hydrogen (secondary N) is 1. The molecule has 1 aromatic carbocycles. The summed E-state index contributed by atoms with van der Waals surface area (Å²) in [7, 11) is 0. The number of aromatic nitrogens is 1. The van der Waals surface area contributed by atoms with E-state index in [9.17, 15) is 0 Å². The van der Waals surface area contributed by atoms with Crippen molar-refractivity contribution in [1.82, 2.24) is 4.98 Å². The highest BCUT2D eigenvalue weighted by molar-refractivity contribution is 5.45. The lowest BCUT2D eigenvalue weighted by Gasteiger charge is -2.24. The van der Waals surface area contributed by atoms with E-state index in [1.165, 1.54) is 5.56 Å². The van der Waals surface area contributed by atoms with E-state index in [1.54, 1.807) is 0 Å². The number of hydrogen-bond acceptors (Lipinski definition) is 3. The fourth-order valence-electron chi connectivity index (χ4n) is 2.17. The Balaban J connectivity index is 2.12. The van der Waals surface area contributed by atoms with Crippen LogP contribution in [0.4, 0.5) is 5.69 Å². The first kappa shape index (κ1) is 14.4. The third kappa shape index (κ3) is 3.73. The first-order chi connectivity index (χ1) is 9.70. The Morgan fingerprint density at radius 2 is 1.85 bits per heavy atom. The van der Waals surface area contributed by atoms with Crippen LogP contribution in [0.3, 0.4) is 0 Å². The quantitative estimate of drug-likeness (QED) is 0.850. The molecule has 1 aromatic heterocycles. The first-order valence-corrected chi connectivity index (χ1v) is 7.11. The summed E-state index contributed by atoms with van der Waals surface area (Å²) in [5, 5.41) is 3.55. The molecule has 0 aliphatic carbocycles. The predicted octanol–water partition coefficient (Wildman–Crippen LogP) is 4.29. The molecule has 0 amide bonds. The molecule has 0 spiro atoms. The molecule has 0 saturated heterocycles. The monoisotopic (exact) mass is 270 g/mol. The molecule has 0 aliphatic heterocycles. The van der Waals surface area contributed by atoms with E-state index >= 15 is 0 Å². The minimum absolute atomic E-state index is 0.274. The number of hydrogen-bond donors (Lipinski definition) is 1. The molecular formula is C17H22N2O. The summed E-state index contributed by atoms with van der Waals surface area (Å²) in [5.41, 5.74) is 2.30. The lowest BCUT2D eigenvalue weighted by Crippen LogP contribution is -2.16. The fraction of sp³-hybridized carbons (Fsp3) is 0.353. The maximum atomic E-state index is 5.36. The third-order valence-electron chi connectivity index (χ3n) is 3.18. The molecule has 2 aromatic rings. The molecular weight excluding hydrogens is 248 g/mol. The van der Waals surface area contributed by atoms with Gasteiger partial charge in [0.1, 0.15) is 0 Å². The molecule has 0 radical (unpaired) electrons. The number of rotatable bonds is 6. The van der Waals surface area contributed by atoms with E-state index in [2.05, 4.69) is 48.4 Å².